The third kappa shape index (κ3) is 1.72. The number of hydrazine groups is 1. The fourth-order valence-electron chi connectivity index (χ4n) is 4.13. The van der Waals surface area contributed by atoms with Crippen LogP contribution in [0.2, 0.25) is 0 Å². The first-order chi connectivity index (χ1) is 11.9. The average molecular weight is 337 g/mol. The SMILES string of the molecule is CN1c2ccccc2C(C(=O)O)(c2c3ccccc3[n+](C)n2C)N1C. The lowest BCUT2D eigenvalue weighted by Crippen LogP contribution is -2.54. The predicted octanol–water partition coefficient (Wildman–Crippen LogP) is 1.63. The molecule has 2 aromatic carbocycles. The van der Waals surface area contributed by atoms with Crippen LogP contribution in [-0.4, -0.2) is 34.9 Å². The topological polar surface area (TPSA) is 52.6 Å². The maximum atomic E-state index is 12.8. The normalized spacial score (nSPS) is 20.2. The fraction of sp³-hybridized carbons (Fsp3) is 0.263. The van der Waals surface area contributed by atoms with E-state index in [1.165, 1.54) is 0 Å². The van der Waals surface area contributed by atoms with Crippen molar-refractivity contribution in [1.29, 1.82) is 0 Å². The highest BCUT2D eigenvalue weighted by atomic mass is 16.4. The van der Waals surface area contributed by atoms with Crippen molar-refractivity contribution >= 4 is 22.6 Å². The van der Waals surface area contributed by atoms with Crippen molar-refractivity contribution in [2.24, 2.45) is 14.1 Å². The molecule has 1 atom stereocenters. The van der Waals surface area contributed by atoms with Crippen molar-refractivity contribution in [2.45, 2.75) is 5.54 Å². The van der Waals surface area contributed by atoms with Gasteiger partial charge >= 0.3 is 5.97 Å². The molecule has 128 valence electrons. The van der Waals surface area contributed by atoms with Crippen LogP contribution in [0.25, 0.3) is 10.9 Å². The van der Waals surface area contributed by atoms with E-state index in [9.17, 15) is 9.90 Å². The molecule has 1 aliphatic rings. The van der Waals surface area contributed by atoms with E-state index in [1.54, 1.807) is 0 Å². The molecule has 1 N–H and O–H groups in total. The maximum absolute atomic E-state index is 12.8. The number of hydrogen-bond acceptors (Lipinski definition) is 3. The number of carbonyl (C=O) groups is 1. The van der Waals surface area contributed by atoms with E-state index >= 15 is 0 Å². The summed E-state index contributed by atoms with van der Waals surface area (Å²) in [6.07, 6.45) is 0. The summed E-state index contributed by atoms with van der Waals surface area (Å²) in [6, 6.07) is 15.6. The Bertz CT molecular complexity index is 1010. The molecule has 0 amide bonds. The van der Waals surface area contributed by atoms with E-state index in [0.717, 1.165) is 27.8 Å². The zero-order chi connectivity index (χ0) is 17.9. The Morgan fingerprint density at radius 1 is 1.04 bits per heavy atom. The summed E-state index contributed by atoms with van der Waals surface area (Å²) in [4.78, 5) is 12.8. The minimum atomic E-state index is -1.29. The minimum absolute atomic E-state index is 0.748. The number of likely N-dealkylation sites (N-methyl/N-ethyl adjacent to an activating group) is 1. The van der Waals surface area contributed by atoms with Crippen LogP contribution in [0.4, 0.5) is 5.69 Å². The Morgan fingerprint density at radius 3 is 2.40 bits per heavy atom. The lowest BCUT2D eigenvalue weighted by atomic mass is 9.84. The molecule has 1 unspecified atom stereocenters. The van der Waals surface area contributed by atoms with Gasteiger partial charge < -0.3 is 10.1 Å². The molecule has 6 heteroatoms. The number of para-hydroxylation sites is 2. The van der Waals surface area contributed by atoms with Crippen molar-refractivity contribution < 1.29 is 14.6 Å². The number of fused-ring (bicyclic) bond motifs is 2. The van der Waals surface area contributed by atoms with E-state index in [1.807, 2.05) is 96.1 Å². The van der Waals surface area contributed by atoms with Crippen LogP contribution >= 0.6 is 0 Å². The molecule has 0 bridgehead atoms. The van der Waals surface area contributed by atoms with Gasteiger partial charge in [-0.3, -0.25) is 0 Å². The third-order valence-corrected chi connectivity index (χ3v) is 5.51. The summed E-state index contributed by atoms with van der Waals surface area (Å²) in [5.41, 5.74) is 2.14. The summed E-state index contributed by atoms with van der Waals surface area (Å²) >= 11 is 0. The molecule has 1 aromatic heterocycles. The highest BCUT2D eigenvalue weighted by Gasteiger charge is 2.58. The van der Waals surface area contributed by atoms with Gasteiger partial charge in [0.15, 0.2) is 7.05 Å². The Hall–Kier alpha value is -2.86. The van der Waals surface area contributed by atoms with Crippen LogP contribution in [0.15, 0.2) is 48.5 Å². The van der Waals surface area contributed by atoms with Crippen LogP contribution in [0.5, 0.6) is 0 Å². The number of carboxylic acid groups (broad SMARTS) is 1. The summed E-state index contributed by atoms with van der Waals surface area (Å²) in [6.45, 7) is 0. The van der Waals surface area contributed by atoms with Crippen LogP contribution in [0, 0.1) is 0 Å². The Balaban J connectivity index is 2.19. The number of aliphatic carboxylic acids is 1. The van der Waals surface area contributed by atoms with Crippen molar-refractivity contribution in [2.75, 3.05) is 19.1 Å². The molecular formula is C19H21N4O2+. The number of benzene rings is 2. The van der Waals surface area contributed by atoms with E-state index in [0.29, 0.717) is 0 Å². The zero-order valence-electron chi connectivity index (χ0n) is 14.8. The number of hydrogen-bond donors (Lipinski definition) is 1. The van der Waals surface area contributed by atoms with Crippen LogP contribution in [-0.2, 0) is 24.4 Å². The van der Waals surface area contributed by atoms with Gasteiger partial charge in [-0.05, 0) is 12.1 Å². The number of anilines is 1. The smallest absolute Gasteiger partial charge is 0.337 e. The van der Waals surface area contributed by atoms with Gasteiger partial charge in [0.05, 0.1) is 18.1 Å². The Morgan fingerprint density at radius 2 is 1.68 bits per heavy atom. The quantitative estimate of drug-likeness (QED) is 0.722. The highest BCUT2D eigenvalue weighted by molar-refractivity contribution is 5.95. The molecule has 1 aliphatic heterocycles. The molecule has 0 saturated heterocycles. The Labute approximate surface area is 146 Å². The molecule has 2 heterocycles. The summed E-state index contributed by atoms with van der Waals surface area (Å²) in [5.74, 6) is -0.890. The maximum Gasteiger partial charge on any atom is 0.337 e. The second-order valence-corrected chi connectivity index (χ2v) is 6.49. The molecule has 0 saturated carbocycles. The van der Waals surface area contributed by atoms with Crippen molar-refractivity contribution in [1.82, 2.24) is 9.69 Å². The number of aryl methyl sites for hydroxylation is 1. The fourth-order valence-corrected chi connectivity index (χ4v) is 4.13. The van der Waals surface area contributed by atoms with Crippen LogP contribution in [0.3, 0.4) is 0 Å². The highest BCUT2D eigenvalue weighted by Crippen LogP contribution is 2.48. The first kappa shape index (κ1) is 15.7. The van der Waals surface area contributed by atoms with Gasteiger partial charge in [-0.2, -0.15) is 9.69 Å². The van der Waals surface area contributed by atoms with Gasteiger partial charge in [-0.15, -0.1) is 4.68 Å². The van der Waals surface area contributed by atoms with Crippen molar-refractivity contribution in [3.8, 4) is 0 Å². The molecule has 0 fully saturated rings. The number of carboxylic acids is 1. The van der Waals surface area contributed by atoms with Gasteiger partial charge in [0.1, 0.15) is 5.69 Å². The van der Waals surface area contributed by atoms with Gasteiger partial charge in [0.2, 0.25) is 11.1 Å². The predicted molar refractivity (Wildman–Crippen MR) is 95.1 cm³/mol. The minimum Gasteiger partial charge on any atom is -0.479 e. The second-order valence-electron chi connectivity index (χ2n) is 6.49. The molecule has 0 spiro atoms. The molecular weight excluding hydrogens is 316 g/mol. The second kappa shape index (κ2) is 5.07. The van der Waals surface area contributed by atoms with Crippen LogP contribution < -0.4 is 9.69 Å². The standard InChI is InChI=1S/C19H20N4O2/c1-20-15-11-7-5-9-13(15)17(22(20)3)19(18(24)25)14-10-6-8-12-16(14)21(2)23(19)4/h5-12H,1-4H3/p+1. The molecule has 0 aliphatic carbocycles. The Kier molecular flexibility index (Phi) is 3.17. The van der Waals surface area contributed by atoms with E-state index in [2.05, 4.69) is 0 Å². The molecule has 4 rings (SSSR count). The van der Waals surface area contributed by atoms with E-state index in [4.69, 9.17) is 0 Å². The van der Waals surface area contributed by atoms with Gasteiger partial charge in [0, 0.05) is 25.7 Å². The molecule has 25 heavy (non-hydrogen) atoms. The average Bonchev–Trinajstić information content (AvgIpc) is 3.00. The molecule has 6 nitrogen and oxygen atoms in total. The first-order valence-electron chi connectivity index (χ1n) is 8.17. The van der Waals surface area contributed by atoms with Crippen molar-refractivity contribution in [3.05, 3.63) is 59.8 Å². The molecule has 0 radical (unpaired) electrons. The summed E-state index contributed by atoms with van der Waals surface area (Å²) < 4.78 is 3.93. The third-order valence-electron chi connectivity index (χ3n) is 5.51. The summed E-state index contributed by atoms with van der Waals surface area (Å²) in [7, 11) is 7.59. The largest absolute Gasteiger partial charge is 0.479 e. The number of nitrogens with zero attached hydrogens (tertiary/aromatic N) is 4. The number of aromatic nitrogens is 2. The van der Waals surface area contributed by atoms with Gasteiger partial charge in [-0.25, -0.2) is 4.79 Å². The zero-order valence-corrected chi connectivity index (χ0v) is 14.8. The van der Waals surface area contributed by atoms with Gasteiger partial charge in [0.25, 0.3) is 0 Å². The first-order valence-corrected chi connectivity index (χ1v) is 8.17. The lowest BCUT2D eigenvalue weighted by molar-refractivity contribution is -0.729. The van der Waals surface area contributed by atoms with Gasteiger partial charge in [-0.1, -0.05) is 30.3 Å². The molecule has 3 aromatic rings. The van der Waals surface area contributed by atoms with Crippen LogP contribution in [0.1, 0.15) is 11.3 Å². The van der Waals surface area contributed by atoms with E-state index < -0.39 is 11.5 Å². The lowest BCUT2D eigenvalue weighted by Gasteiger charge is -2.34. The number of rotatable bonds is 2. The van der Waals surface area contributed by atoms with Crippen molar-refractivity contribution in [3.63, 3.8) is 0 Å². The monoisotopic (exact) mass is 337 g/mol. The summed E-state index contributed by atoms with van der Waals surface area (Å²) in [5, 5.41) is 15.1. The van der Waals surface area contributed by atoms with E-state index in [-0.39, 0.29) is 0 Å².